The summed E-state index contributed by atoms with van der Waals surface area (Å²) in [5, 5.41) is 13.7. The Kier molecular flexibility index (Phi) is 6.80. The molecule has 0 heterocycles. The van der Waals surface area contributed by atoms with Gasteiger partial charge in [0.05, 0.1) is 5.02 Å². The van der Waals surface area contributed by atoms with Crippen molar-refractivity contribution in [1.29, 1.82) is 0 Å². The molecule has 0 spiro atoms. The standard InChI is InChI=1S/C16H26ClNO2/c1-12(16(2,3)4)9-18-10-13(19)11-20-15-8-6-5-7-14(15)17/h5-8,12-13,18-19H,9-11H2,1-4H3. The second-order valence-electron chi connectivity index (χ2n) is 6.32. The first-order valence-corrected chi connectivity index (χ1v) is 7.44. The van der Waals surface area contributed by atoms with E-state index in [1.807, 2.05) is 12.1 Å². The molecule has 1 aromatic rings. The van der Waals surface area contributed by atoms with Gasteiger partial charge in [-0.15, -0.1) is 0 Å². The van der Waals surface area contributed by atoms with Crippen molar-refractivity contribution in [3.8, 4) is 5.75 Å². The van der Waals surface area contributed by atoms with Crippen LogP contribution in [0.4, 0.5) is 0 Å². The van der Waals surface area contributed by atoms with Crippen LogP contribution in [0.2, 0.25) is 5.02 Å². The van der Waals surface area contributed by atoms with Crippen molar-refractivity contribution in [1.82, 2.24) is 5.32 Å². The summed E-state index contributed by atoms with van der Waals surface area (Å²) in [4.78, 5) is 0. The molecule has 20 heavy (non-hydrogen) atoms. The van der Waals surface area contributed by atoms with E-state index >= 15 is 0 Å². The van der Waals surface area contributed by atoms with Crippen LogP contribution < -0.4 is 10.1 Å². The average molecular weight is 300 g/mol. The molecule has 0 fully saturated rings. The highest BCUT2D eigenvalue weighted by molar-refractivity contribution is 6.32. The minimum Gasteiger partial charge on any atom is -0.489 e. The zero-order valence-corrected chi connectivity index (χ0v) is 13.6. The Labute approximate surface area is 127 Å². The summed E-state index contributed by atoms with van der Waals surface area (Å²) < 4.78 is 5.50. The third kappa shape index (κ3) is 6.12. The van der Waals surface area contributed by atoms with Gasteiger partial charge < -0.3 is 15.2 Å². The average Bonchev–Trinajstić information content (AvgIpc) is 2.36. The van der Waals surface area contributed by atoms with Gasteiger partial charge in [-0.05, 0) is 30.0 Å². The Morgan fingerprint density at radius 1 is 1.25 bits per heavy atom. The van der Waals surface area contributed by atoms with Gasteiger partial charge in [0.2, 0.25) is 0 Å². The van der Waals surface area contributed by atoms with E-state index in [0.29, 0.717) is 23.2 Å². The Morgan fingerprint density at radius 2 is 1.90 bits per heavy atom. The fourth-order valence-corrected chi connectivity index (χ4v) is 1.77. The smallest absolute Gasteiger partial charge is 0.138 e. The van der Waals surface area contributed by atoms with Crippen molar-refractivity contribution in [2.45, 2.75) is 33.8 Å². The van der Waals surface area contributed by atoms with E-state index in [1.54, 1.807) is 12.1 Å². The van der Waals surface area contributed by atoms with Crippen LogP contribution >= 0.6 is 11.6 Å². The first-order chi connectivity index (χ1) is 9.30. The molecule has 114 valence electrons. The molecule has 0 amide bonds. The molecule has 2 N–H and O–H groups in total. The number of benzene rings is 1. The van der Waals surface area contributed by atoms with Gasteiger partial charge in [0, 0.05) is 6.54 Å². The summed E-state index contributed by atoms with van der Waals surface area (Å²) in [7, 11) is 0. The zero-order chi connectivity index (χ0) is 15.2. The lowest BCUT2D eigenvalue weighted by Gasteiger charge is -2.27. The van der Waals surface area contributed by atoms with Crippen molar-refractivity contribution in [3.05, 3.63) is 29.3 Å². The van der Waals surface area contributed by atoms with Crippen LogP contribution in [0.15, 0.2) is 24.3 Å². The molecule has 1 rings (SSSR count). The Balaban J connectivity index is 2.24. The highest BCUT2D eigenvalue weighted by Crippen LogP contribution is 2.24. The normalized spacial score (nSPS) is 14.9. The molecule has 0 aliphatic rings. The predicted molar refractivity (Wildman–Crippen MR) is 84.4 cm³/mol. The van der Waals surface area contributed by atoms with Gasteiger partial charge in [-0.3, -0.25) is 0 Å². The number of halogens is 1. The number of aliphatic hydroxyl groups is 1. The lowest BCUT2D eigenvalue weighted by atomic mass is 9.82. The molecule has 0 radical (unpaired) electrons. The summed E-state index contributed by atoms with van der Waals surface area (Å²) in [6.07, 6.45) is -0.543. The van der Waals surface area contributed by atoms with E-state index in [1.165, 1.54) is 0 Å². The third-order valence-electron chi connectivity index (χ3n) is 3.58. The highest BCUT2D eigenvalue weighted by atomic mass is 35.5. The summed E-state index contributed by atoms with van der Waals surface area (Å²) >= 11 is 5.98. The van der Waals surface area contributed by atoms with Gasteiger partial charge in [0.25, 0.3) is 0 Å². The maximum Gasteiger partial charge on any atom is 0.138 e. The molecular formula is C16H26ClNO2. The summed E-state index contributed by atoms with van der Waals surface area (Å²) in [6, 6.07) is 7.27. The van der Waals surface area contributed by atoms with Crippen molar-refractivity contribution in [2.24, 2.45) is 11.3 Å². The number of hydrogen-bond donors (Lipinski definition) is 2. The SMILES string of the molecule is CC(CNCC(O)COc1ccccc1Cl)C(C)(C)C. The van der Waals surface area contributed by atoms with Crippen LogP contribution in [0.1, 0.15) is 27.7 Å². The zero-order valence-electron chi connectivity index (χ0n) is 12.8. The van der Waals surface area contributed by atoms with E-state index in [4.69, 9.17) is 16.3 Å². The highest BCUT2D eigenvalue weighted by Gasteiger charge is 2.19. The number of rotatable bonds is 7. The second-order valence-corrected chi connectivity index (χ2v) is 6.73. The Morgan fingerprint density at radius 3 is 2.50 bits per heavy atom. The van der Waals surface area contributed by atoms with Gasteiger partial charge in [-0.1, -0.05) is 51.4 Å². The van der Waals surface area contributed by atoms with E-state index in [0.717, 1.165) is 6.54 Å². The maximum atomic E-state index is 9.89. The maximum absolute atomic E-state index is 9.89. The first kappa shape index (κ1) is 17.3. The lowest BCUT2D eigenvalue weighted by molar-refractivity contribution is 0.103. The number of ether oxygens (including phenoxy) is 1. The molecule has 2 atom stereocenters. The van der Waals surface area contributed by atoms with Gasteiger partial charge >= 0.3 is 0 Å². The fraction of sp³-hybridized carbons (Fsp3) is 0.625. The second kappa shape index (κ2) is 7.87. The van der Waals surface area contributed by atoms with Crippen LogP contribution in [-0.2, 0) is 0 Å². The minimum atomic E-state index is -0.543. The summed E-state index contributed by atoms with van der Waals surface area (Å²) in [5.41, 5.74) is 0.270. The molecule has 0 bridgehead atoms. The van der Waals surface area contributed by atoms with E-state index in [-0.39, 0.29) is 12.0 Å². The quantitative estimate of drug-likeness (QED) is 0.811. The van der Waals surface area contributed by atoms with Gasteiger partial charge in [-0.25, -0.2) is 0 Å². The van der Waals surface area contributed by atoms with E-state index in [2.05, 4.69) is 33.0 Å². The molecule has 4 heteroatoms. The van der Waals surface area contributed by atoms with E-state index in [9.17, 15) is 5.11 Å². The topological polar surface area (TPSA) is 41.5 Å². The molecule has 3 nitrogen and oxygen atoms in total. The fourth-order valence-electron chi connectivity index (χ4n) is 1.58. The Hall–Kier alpha value is -0.770. The van der Waals surface area contributed by atoms with Gasteiger partial charge in [0.1, 0.15) is 18.5 Å². The molecule has 0 aliphatic heterocycles. The molecular weight excluding hydrogens is 274 g/mol. The number of para-hydroxylation sites is 1. The van der Waals surface area contributed by atoms with E-state index < -0.39 is 6.10 Å². The monoisotopic (exact) mass is 299 g/mol. The van der Waals surface area contributed by atoms with Crippen molar-refractivity contribution < 1.29 is 9.84 Å². The van der Waals surface area contributed by atoms with Crippen LogP contribution in [0, 0.1) is 11.3 Å². The molecule has 0 aromatic heterocycles. The third-order valence-corrected chi connectivity index (χ3v) is 3.89. The molecule has 2 unspecified atom stereocenters. The van der Waals surface area contributed by atoms with Gasteiger partial charge in [-0.2, -0.15) is 0 Å². The van der Waals surface area contributed by atoms with Crippen molar-refractivity contribution >= 4 is 11.6 Å². The first-order valence-electron chi connectivity index (χ1n) is 7.07. The van der Waals surface area contributed by atoms with Crippen molar-refractivity contribution in [2.75, 3.05) is 19.7 Å². The molecule has 0 aliphatic carbocycles. The summed E-state index contributed by atoms with van der Waals surface area (Å²) in [6.45, 7) is 10.5. The number of aliphatic hydroxyl groups excluding tert-OH is 1. The Bertz CT molecular complexity index is 404. The van der Waals surface area contributed by atoms with Crippen molar-refractivity contribution in [3.63, 3.8) is 0 Å². The van der Waals surface area contributed by atoms with Gasteiger partial charge in [0.15, 0.2) is 0 Å². The molecule has 1 aromatic carbocycles. The largest absolute Gasteiger partial charge is 0.489 e. The summed E-state index contributed by atoms with van der Waals surface area (Å²) in [5.74, 6) is 1.15. The minimum absolute atomic E-state index is 0.237. The molecule has 0 saturated heterocycles. The molecule has 0 saturated carbocycles. The predicted octanol–water partition coefficient (Wildman–Crippen LogP) is 3.35. The van der Waals surface area contributed by atoms with Crippen LogP contribution in [0.5, 0.6) is 5.75 Å². The number of nitrogens with one attached hydrogen (secondary N) is 1. The lowest BCUT2D eigenvalue weighted by Crippen LogP contribution is -2.36. The van der Waals surface area contributed by atoms with Crippen LogP contribution in [0.25, 0.3) is 0 Å². The number of hydrogen-bond acceptors (Lipinski definition) is 3. The van der Waals surface area contributed by atoms with Crippen LogP contribution in [0.3, 0.4) is 0 Å². The van der Waals surface area contributed by atoms with Crippen LogP contribution in [-0.4, -0.2) is 30.9 Å².